The van der Waals surface area contributed by atoms with Crippen molar-refractivity contribution in [3.63, 3.8) is 0 Å². The zero-order valence-corrected chi connectivity index (χ0v) is 9.73. The summed E-state index contributed by atoms with van der Waals surface area (Å²) < 4.78 is 13.2. The van der Waals surface area contributed by atoms with Crippen molar-refractivity contribution in [1.82, 2.24) is 0 Å². The number of hydrogen-bond donors (Lipinski definition) is 2. The average Bonchev–Trinajstić information content (AvgIpc) is 2.31. The summed E-state index contributed by atoms with van der Waals surface area (Å²) in [6.07, 6.45) is 0. The van der Waals surface area contributed by atoms with Crippen LogP contribution in [0.25, 0.3) is 0 Å². The average molecular weight is 243 g/mol. The first-order chi connectivity index (χ1) is 7.49. The minimum Gasteiger partial charge on any atom is -0.380 e. The minimum atomic E-state index is -0.537. The van der Waals surface area contributed by atoms with Gasteiger partial charge in [0.15, 0.2) is 0 Å². The zero-order valence-electron chi connectivity index (χ0n) is 8.97. The van der Waals surface area contributed by atoms with Crippen LogP contribution in [-0.4, -0.2) is 11.9 Å². The number of fused-ring (bicyclic) bond motifs is 1. The Morgan fingerprint density at radius 1 is 1.31 bits per heavy atom. The Bertz CT molecular complexity index is 450. The van der Waals surface area contributed by atoms with Gasteiger partial charge in [0.05, 0.1) is 22.3 Å². The van der Waals surface area contributed by atoms with Crippen LogP contribution in [0.4, 0.5) is 15.8 Å². The molecule has 2 N–H and O–H groups in total. The monoisotopic (exact) mass is 242 g/mol. The van der Waals surface area contributed by atoms with Crippen LogP contribution < -0.4 is 10.6 Å². The van der Waals surface area contributed by atoms with Crippen molar-refractivity contribution in [3.8, 4) is 0 Å². The van der Waals surface area contributed by atoms with Crippen LogP contribution in [0.2, 0.25) is 5.02 Å². The molecule has 16 heavy (non-hydrogen) atoms. The molecule has 5 heteroatoms. The topological polar surface area (TPSA) is 41.1 Å². The van der Waals surface area contributed by atoms with E-state index in [1.165, 1.54) is 12.1 Å². The molecule has 1 aliphatic rings. The lowest BCUT2D eigenvalue weighted by Gasteiger charge is -2.16. The van der Waals surface area contributed by atoms with Crippen LogP contribution >= 0.6 is 11.6 Å². The first-order valence-corrected chi connectivity index (χ1v) is 5.43. The number of nitrogens with one attached hydrogen (secondary N) is 2. The molecule has 0 bridgehead atoms. The number of amides is 1. The van der Waals surface area contributed by atoms with Gasteiger partial charge in [0.25, 0.3) is 0 Å². The maximum Gasteiger partial charge on any atom is 0.229 e. The summed E-state index contributed by atoms with van der Waals surface area (Å²) >= 11 is 5.69. The van der Waals surface area contributed by atoms with E-state index < -0.39 is 5.82 Å². The van der Waals surface area contributed by atoms with Crippen LogP contribution in [0.15, 0.2) is 12.1 Å². The van der Waals surface area contributed by atoms with Gasteiger partial charge in [0.2, 0.25) is 5.91 Å². The standard InChI is InChI=1S/C11H12ClFN2O/c1-5-6(2)14-9-3-7(12)8(13)4-10(9)15-11(5)16/h3-6,14H,1-2H3,(H,15,16). The van der Waals surface area contributed by atoms with Crippen LogP contribution in [-0.2, 0) is 4.79 Å². The number of halogens is 2. The molecular formula is C11H12ClFN2O. The molecule has 86 valence electrons. The summed E-state index contributed by atoms with van der Waals surface area (Å²) in [5.41, 5.74) is 1.08. The molecule has 1 amide bonds. The lowest BCUT2D eigenvalue weighted by Crippen LogP contribution is -2.30. The Morgan fingerprint density at radius 2 is 2.00 bits per heavy atom. The van der Waals surface area contributed by atoms with E-state index in [1.807, 2.05) is 13.8 Å². The molecule has 0 aromatic heterocycles. The van der Waals surface area contributed by atoms with Crippen molar-refractivity contribution in [2.45, 2.75) is 19.9 Å². The summed E-state index contributed by atoms with van der Waals surface area (Å²) in [6, 6.07) is 2.69. The number of hydrogen-bond acceptors (Lipinski definition) is 2. The van der Waals surface area contributed by atoms with Gasteiger partial charge in [-0.1, -0.05) is 18.5 Å². The maximum atomic E-state index is 13.2. The molecular weight excluding hydrogens is 231 g/mol. The van der Waals surface area contributed by atoms with E-state index >= 15 is 0 Å². The Balaban J connectivity index is 2.47. The normalized spacial score (nSPS) is 24.1. The number of carbonyl (C=O) groups is 1. The van der Waals surface area contributed by atoms with Crippen molar-refractivity contribution >= 4 is 28.9 Å². The second kappa shape index (κ2) is 3.94. The molecule has 1 aromatic carbocycles. The van der Waals surface area contributed by atoms with Crippen LogP contribution in [0, 0.1) is 11.7 Å². The quantitative estimate of drug-likeness (QED) is 0.735. The highest BCUT2D eigenvalue weighted by Crippen LogP contribution is 2.32. The fraction of sp³-hybridized carbons (Fsp3) is 0.364. The third-order valence-corrected chi connectivity index (χ3v) is 3.15. The van der Waals surface area contributed by atoms with Gasteiger partial charge in [-0.2, -0.15) is 0 Å². The molecule has 1 heterocycles. The van der Waals surface area contributed by atoms with Crippen molar-refractivity contribution < 1.29 is 9.18 Å². The van der Waals surface area contributed by atoms with Gasteiger partial charge in [0.1, 0.15) is 5.82 Å². The molecule has 0 spiro atoms. The smallest absolute Gasteiger partial charge is 0.229 e. The molecule has 0 radical (unpaired) electrons. The number of anilines is 2. The zero-order chi connectivity index (χ0) is 11.9. The Labute approximate surface area is 98.0 Å². The van der Waals surface area contributed by atoms with Gasteiger partial charge < -0.3 is 10.6 Å². The van der Waals surface area contributed by atoms with Crippen LogP contribution in [0.1, 0.15) is 13.8 Å². The van der Waals surface area contributed by atoms with Crippen molar-refractivity contribution in [2.75, 3.05) is 10.6 Å². The van der Waals surface area contributed by atoms with E-state index in [2.05, 4.69) is 10.6 Å². The van der Waals surface area contributed by atoms with Gasteiger partial charge in [-0.3, -0.25) is 4.79 Å². The number of rotatable bonds is 0. The van der Waals surface area contributed by atoms with E-state index in [-0.39, 0.29) is 22.9 Å². The Kier molecular flexibility index (Phi) is 2.76. The third-order valence-electron chi connectivity index (χ3n) is 2.87. The highest BCUT2D eigenvalue weighted by atomic mass is 35.5. The molecule has 0 fully saturated rings. The summed E-state index contributed by atoms with van der Waals surface area (Å²) in [7, 11) is 0. The fourth-order valence-electron chi connectivity index (χ4n) is 1.61. The second-order valence-corrected chi connectivity index (χ2v) is 4.43. The predicted molar refractivity (Wildman–Crippen MR) is 62.3 cm³/mol. The summed E-state index contributed by atoms with van der Waals surface area (Å²) in [5.74, 6) is -0.848. The van der Waals surface area contributed by atoms with Gasteiger partial charge in [-0.05, 0) is 13.0 Å². The molecule has 3 nitrogen and oxygen atoms in total. The van der Waals surface area contributed by atoms with E-state index in [0.29, 0.717) is 11.4 Å². The van der Waals surface area contributed by atoms with Gasteiger partial charge in [-0.15, -0.1) is 0 Å². The molecule has 2 atom stereocenters. The van der Waals surface area contributed by atoms with Crippen LogP contribution in [0.3, 0.4) is 0 Å². The van der Waals surface area contributed by atoms with E-state index in [9.17, 15) is 9.18 Å². The van der Waals surface area contributed by atoms with Crippen molar-refractivity contribution in [2.24, 2.45) is 5.92 Å². The van der Waals surface area contributed by atoms with Crippen molar-refractivity contribution in [1.29, 1.82) is 0 Å². The second-order valence-electron chi connectivity index (χ2n) is 4.02. The van der Waals surface area contributed by atoms with E-state index in [1.54, 1.807) is 0 Å². The third kappa shape index (κ3) is 1.85. The molecule has 0 aliphatic carbocycles. The molecule has 0 saturated heterocycles. The summed E-state index contributed by atoms with van der Waals surface area (Å²) in [4.78, 5) is 11.7. The van der Waals surface area contributed by atoms with E-state index in [4.69, 9.17) is 11.6 Å². The lowest BCUT2D eigenvalue weighted by molar-refractivity contribution is -0.119. The minimum absolute atomic E-state index is 0.0252. The molecule has 2 rings (SSSR count). The highest BCUT2D eigenvalue weighted by Gasteiger charge is 2.26. The van der Waals surface area contributed by atoms with Gasteiger partial charge >= 0.3 is 0 Å². The van der Waals surface area contributed by atoms with Gasteiger partial charge in [0, 0.05) is 12.1 Å². The highest BCUT2D eigenvalue weighted by molar-refractivity contribution is 6.31. The largest absolute Gasteiger partial charge is 0.380 e. The van der Waals surface area contributed by atoms with Crippen molar-refractivity contribution in [3.05, 3.63) is 23.0 Å². The Morgan fingerprint density at radius 3 is 2.69 bits per heavy atom. The maximum absolute atomic E-state index is 13.2. The first-order valence-electron chi connectivity index (χ1n) is 5.05. The fourth-order valence-corrected chi connectivity index (χ4v) is 1.78. The summed E-state index contributed by atoms with van der Waals surface area (Å²) in [5, 5.41) is 5.85. The van der Waals surface area contributed by atoms with E-state index in [0.717, 1.165) is 0 Å². The molecule has 0 saturated carbocycles. The first kappa shape index (κ1) is 11.2. The SMILES string of the molecule is CC1Nc2cc(Cl)c(F)cc2NC(=O)C1C. The predicted octanol–water partition coefficient (Wildman–Crippen LogP) is 2.87. The Hall–Kier alpha value is -1.29. The number of carbonyl (C=O) groups excluding carboxylic acids is 1. The summed E-state index contributed by atoms with van der Waals surface area (Å²) in [6.45, 7) is 3.72. The molecule has 2 unspecified atom stereocenters. The van der Waals surface area contributed by atoms with Gasteiger partial charge in [-0.25, -0.2) is 4.39 Å². The number of benzene rings is 1. The lowest BCUT2D eigenvalue weighted by atomic mass is 10.0. The molecule has 1 aliphatic heterocycles. The molecule has 1 aromatic rings. The van der Waals surface area contributed by atoms with Crippen LogP contribution in [0.5, 0.6) is 0 Å².